The largest absolute Gasteiger partial charge is 0.489 e. The normalized spacial score (nSPS) is 19.6. The Morgan fingerprint density at radius 1 is 1.47 bits per heavy atom. The molecule has 1 aliphatic heterocycles. The Morgan fingerprint density at radius 2 is 2.27 bits per heavy atom. The van der Waals surface area contributed by atoms with Crippen LogP contribution in [0.2, 0.25) is 0 Å². The van der Waals surface area contributed by atoms with Crippen molar-refractivity contribution in [2.75, 3.05) is 23.8 Å². The summed E-state index contributed by atoms with van der Waals surface area (Å²) in [5, 5.41) is 0. The number of hydrogen-bond acceptors (Lipinski definition) is 3. The second-order valence-electron chi connectivity index (χ2n) is 3.89. The van der Waals surface area contributed by atoms with Gasteiger partial charge in [-0.05, 0) is 25.5 Å². The third kappa shape index (κ3) is 1.74. The summed E-state index contributed by atoms with van der Waals surface area (Å²) in [6.45, 7) is 6.15. The fraction of sp³-hybridized carbons (Fsp3) is 0.500. The van der Waals surface area contributed by atoms with E-state index < -0.39 is 0 Å². The van der Waals surface area contributed by atoms with Crippen LogP contribution in [-0.2, 0) is 0 Å². The Kier molecular flexibility index (Phi) is 2.71. The third-order valence-corrected chi connectivity index (χ3v) is 2.98. The highest BCUT2D eigenvalue weighted by atomic mass is 16.5. The number of nitrogens with zero attached hydrogens (tertiary/aromatic N) is 1. The molecular formula is C12H18N2O. The van der Waals surface area contributed by atoms with E-state index in [1.165, 1.54) is 5.69 Å². The van der Waals surface area contributed by atoms with E-state index in [9.17, 15) is 0 Å². The average Bonchev–Trinajstić information content (AvgIpc) is 2.27. The van der Waals surface area contributed by atoms with Gasteiger partial charge in [0.05, 0.1) is 11.7 Å². The standard InChI is InChI=1S/C12H18N2O/c1-3-10-8-15-12-7-9(13)5-6-11(12)14(10)4-2/h5-7,10H,3-4,8,13H2,1-2H3. The van der Waals surface area contributed by atoms with Crippen LogP contribution in [0.5, 0.6) is 5.75 Å². The van der Waals surface area contributed by atoms with Crippen LogP contribution in [0.1, 0.15) is 20.3 Å². The highest BCUT2D eigenvalue weighted by Crippen LogP contribution is 2.35. The van der Waals surface area contributed by atoms with E-state index in [1.54, 1.807) is 0 Å². The Bertz CT molecular complexity index is 351. The van der Waals surface area contributed by atoms with E-state index in [-0.39, 0.29) is 0 Å². The van der Waals surface area contributed by atoms with Crippen LogP contribution in [0.25, 0.3) is 0 Å². The van der Waals surface area contributed by atoms with Crippen molar-refractivity contribution in [3.63, 3.8) is 0 Å². The molecule has 1 heterocycles. The molecular weight excluding hydrogens is 188 g/mol. The van der Waals surface area contributed by atoms with Crippen molar-refractivity contribution in [1.29, 1.82) is 0 Å². The molecule has 0 fully saturated rings. The molecule has 3 nitrogen and oxygen atoms in total. The number of likely N-dealkylation sites (N-methyl/N-ethyl adjacent to an activating group) is 1. The number of fused-ring (bicyclic) bond motifs is 1. The first-order valence-corrected chi connectivity index (χ1v) is 5.55. The zero-order valence-corrected chi connectivity index (χ0v) is 9.36. The molecule has 1 aromatic carbocycles. The summed E-state index contributed by atoms with van der Waals surface area (Å²) in [7, 11) is 0. The number of rotatable bonds is 2. The zero-order chi connectivity index (χ0) is 10.8. The first kappa shape index (κ1) is 10.1. The molecule has 0 radical (unpaired) electrons. The molecule has 0 amide bonds. The Morgan fingerprint density at radius 3 is 2.93 bits per heavy atom. The predicted octanol–water partition coefficient (Wildman–Crippen LogP) is 2.27. The summed E-state index contributed by atoms with van der Waals surface area (Å²) in [5.41, 5.74) is 7.67. The number of ether oxygens (including phenoxy) is 1. The van der Waals surface area contributed by atoms with Crippen LogP contribution in [-0.4, -0.2) is 19.2 Å². The number of anilines is 2. The Labute approximate surface area is 90.8 Å². The van der Waals surface area contributed by atoms with Crippen LogP contribution >= 0.6 is 0 Å². The molecule has 0 bridgehead atoms. The number of benzene rings is 1. The molecule has 0 aliphatic carbocycles. The molecule has 1 unspecified atom stereocenters. The maximum atomic E-state index is 5.74. The lowest BCUT2D eigenvalue weighted by molar-refractivity contribution is 0.259. The minimum atomic E-state index is 0.492. The van der Waals surface area contributed by atoms with Gasteiger partial charge in [-0.1, -0.05) is 6.92 Å². The maximum absolute atomic E-state index is 5.74. The lowest BCUT2D eigenvalue weighted by Gasteiger charge is -2.37. The molecule has 1 aromatic rings. The van der Waals surface area contributed by atoms with Gasteiger partial charge in [-0.25, -0.2) is 0 Å². The van der Waals surface area contributed by atoms with E-state index in [4.69, 9.17) is 10.5 Å². The van der Waals surface area contributed by atoms with Gasteiger partial charge in [0.1, 0.15) is 12.4 Å². The van der Waals surface area contributed by atoms with Gasteiger partial charge in [0, 0.05) is 18.3 Å². The second kappa shape index (κ2) is 4.01. The molecule has 2 rings (SSSR count). The molecule has 0 saturated heterocycles. The quantitative estimate of drug-likeness (QED) is 0.754. The molecule has 1 aliphatic rings. The fourth-order valence-electron chi connectivity index (χ4n) is 2.12. The van der Waals surface area contributed by atoms with Gasteiger partial charge in [-0.2, -0.15) is 0 Å². The first-order chi connectivity index (χ1) is 7.26. The van der Waals surface area contributed by atoms with Crippen molar-refractivity contribution in [2.24, 2.45) is 0 Å². The van der Waals surface area contributed by atoms with Crippen LogP contribution in [0.3, 0.4) is 0 Å². The van der Waals surface area contributed by atoms with Crippen molar-refractivity contribution in [2.45, 2.75) is 26.3 Å². The summed E-state index contributed by atoms with van der Waals surface area (Å²) >= 11 is 0. The van der Waals surface area contributed by atoms with E-state index in [0.29, 0.717) is 6.04 Å². The fourth-order valence-corrected chi connectivity index (χ4v) is 2.12. The topological polar surface area (TPSA) is 38.5 Å². The molecule has 3 heteroatoms. The number of hydrogen-bond donors (Lipinski definition) is 1. The van der Waals surface area contributed by atoms with Crippen molar-refractivity contribution in [3.8, 4) is 5.75 Å². The lowest BCUT2D eigenvalue weighted by atomic mass is 10.1. The maximum Gasteiger partial charge on any atom is 0.144 e. The van der Waals surface area contributed by atoms with Crippen molar-refractivity contribution in [3.05, 3.63) is 18.2 Å². The van der Waals surface area contributed by atoms with Gasteiger partial charge < -0.3 is 15.4 Å². The molecule has 0 aromatic heterocycles. The molecule has 0 spiro atoms. The van der Waals surface area contributed by atoms with E-state index in [2.05, 4.69) is 24.8 Å². The van der Waals surface area contributed by atoms with Gasteiger partial charge in [-0.15, -0.1) is 0 Å². The summed E-state index contributed by atoms with van der Waals surface area (Å²) in [6.07, 6.45) is 1.11. The minimum Gasteiger partial charge on any atom is -0.489 e. The van der Waals surface area contributed by atoms with Gasteiger partial charge >= 0.3 is 0 Å². The van der Waals surface area contributed by atoms with E-state index in [1.807, 2.05) is 12.1 Å². The molecule has 15 heavy (non-hydrogen) atoms. The van der Waals surface area contributed by atoms with Crippen molar-refractivity contribution in [1.82, 2.24) is 0 Å². The Hall–Kier alpha value is -1.38. The van der Waals surface area contributed by atoms with Gasteiger partial charge in [-0.3, -0.25) is 0 Å². The molecule has 2 N–H and O–H groups in total. The first-order valence-electron chi connectivity index (χ1n) is 5.55. The van der Waals surface area contributed by atoms with Crippen LogP contribution in [0, 0.1) is 0 Å². The van der Waals surface area contributed by atoms with Crippen LogP contribution in [0.15, 0.2) is 18.2 Å². The van der Waals surface area contributed by atoms with Crippen LogP contribution in [0.4, 0.5) is 11.4 Å². The Balaban J connectivity index is 2.37. The molecule has 82 valence electrons. The van der Waals surface area contributed by atoms with Gasteiger partial charge in [0.15, 0.2) is 0 Å². The SMILES string of the molecule is CCC1COc2cc(N)ccc2N1CC. The van der Waals surface area contributed by atoms with Crippen molar-refractivity contribution >= 4 is 11.4 Å². The molecule has 1 atom stereocenters. The summed E-state index contributed by atoms with van der Waals surface area (Å²) in [4.78, 5) is 2.39. The summed E-state index contributed by atoms with van der Waals surface area (Å²) in [5.74, 6) is 0.918. The highest BCUT2D eigenvalue weighted by Gasteiger charge is 2.24. The highest BCUT2D eigenvalue weighted by molar-refractivity contribution is 5.65. The van der Waals surface area contributed by atoms with Crippen molar-refractivity contribution < 1.29 is 4.74 Å². The van der Waals surface area contributed by atoms with Gasteiger partial charge in [0.2, 0.25) is 0 Å². The van der Waals surface area contributed by atoms with Gasteiger partial charge in [0.25, 0.3) is 0 Å². The van der Waals surface area contributed by atoms with Crippen LogP contribution < -0.4 is 15.4 Å². The second-order valence-corrected chi connectivity index (χ2v) is 3.89. The summed E-state index contributed by atoms with van der Waals surface area (Å²) in [6, 6.07) is 6.38. The minimum absolute atomic E-state index is 0.492. The number of nitrogens with two attached hydrogens (primary N) is 1. The molecule has 0 saturated carbocycles. The zero-order valence-electron chi connectivity index (χ0n) is 9.36. The average molecular weight is 206 g/mol. The van der Waals surface area contributed by atoms with E-state index >= 15 is 0 Å². The summed E-state index contributed by atoms with van der Waals surface area (Å²) < 4.78 is 5.72. The smallest absolute Gasteiger partial charge is 0.144 e. The van der Waals surface area contributed by atoms with E-state index in [0.717, 1.165) is 31.0 Å². The lowest BCUT2D eigenvalue weighted by Crippen LogP contribution is -2.42. The number of nitrogen functional groups attached to an aromatic ring is 1. The predicted molar refractivity (Wildman–Crippen MR) is 63.4 cm³/mol. The monoisotopic (exact) mass is 206 g/mol. The third-order valence-electron chi connectivity index (χ3n) is 2.98.